The zero-order valence-corrected chi connectivity index (χ0v) is 13.9. The monoisotopic (exact) mass is 326 g/mol. The van der Waals surface area contributed by atoms with Gasteiger partial charge in [0, 0.05) is 22.6 Å². The summed E-state index contributed by atoms with van der Waals surface area (Å²) >= 11 is 5.94. The lowest BCUT2D eigenvalue weighted by molar-refractivity contribution is 0.685. The third-order valence-electron chi connectivity index (χ3n) is 3.38. The van der Waals surface area contributed by atoms with Crippen LogP contribution in [-0.2, 0) is 0 Å². The molecule has 0 aliphatic rings. The van der Waals surface area contributed by atoms with Gasteiger partial charge in [0.2, 0.25) is 5.95 Å². The first kappa shape index (κ1) is 15.6. The second-order valence-electron chi connectivity index (χ2n) is 5.82. The molecule has 1 heterocycles. The van der Waals surface area contributed by atoms with Crippen LogP contribution in [0.1, 0.15) is 13.8 Å². The van der Waals surface area contributed by atoms with Crippen molar-refractivity contribution in [3.8, 4) is 0 Å². The zero-order valence-electron chi connectivity index (χ0n) is 13.2. The summed E-state index contributed by atoms with van der Waals surface area (Å²) in [5, 5.41) is 8.33. The Kier molecular flexibility index (Phi) is 4.63. The molecular formula is C18H19ClN4. The lowest BCUT2D eigenvalue weighted by atomic mass is 10.2. The van der Waals surface area contributed by atoms with Gasteiger partial charge in [-0.3, -0.25) is 0 Å². The van der Waals surface area contributed by atoms with Crippen LogP contribution in [-0.4, -0.2) is 16.5 Å². The van der Waals surface area contributed by atoms with E-state index in [1.807, 2.05) is 48.5 Å². The topological polar surface area (TPSA) is 49.8 Å². The first-order valence-corrected chi connectivity index (χ1v) is 8.03. The number of para-hydroxylation sites is 1. The van der Waals surface area contributed by atoms with Crippen LogP contribution in [0.25, 0.3) is 10.9 Å². The zero-order chi connectivity index (χ0) is 16.2. The SMILES string of the molecule is CC(C)CNc1nc(Nc2ccc(Cl)cc2)c2ccccc2n1. The van der Waals surface area contributed by atoms with Crippen LogP contribution in [0.3, 0.4) is 0 Å². The quantitative estimate of drug-likeness (QED) is 0.685. The minimum Gasteiger partial charge on any atom is -0.354 e. The molecule has 1 aromatic heterocycles. The number of hydrogen-bond donors (Lipinski definition) is 2. The maximum atomic E-state index is 5.94. The Morgan fingerprint density at radius 1 is 1.00 bits per heavy atom. The van der Waals surface area contributed by atoms with Crippen molar-refractivity contribution < 1.29 is 0 Å². The molecule has 0 aliphatic carbocycles. The highest BCUT2D eigenvalue weighted by Crippen LogP contribution is 2.25. The van der Waals surface area contributed by atoms with Gasteiger partial charge in [0.05, 0.1) is 5.52 Å². The van der Waals surface area contributed by atoms with Gasteiger partial charge in [-0.05, 0) is 42.3 Å². The molecule has 0 amide bonds. The lowest BCUT2D eigenvalue weighted by Gasteiger charge is -2.13. The second kappa shape index (κ2) is 6.84. The average Bonchev–Trinajstić information content (AvgIpc) is 2.55. The summed E-state index contributed by atoms with van der Waals surface area (Å²) in [4.78, 5) is 9.20. The van der Waals surface area contributed by atoms with Crippen molar-refractivity contribution >= 4 is 40.0 Å². The molecule has 4 nitrogen and oxygen atoms in total. The van der Waals surface area contributed by atoms with Crippen LogP contribution in [0.4, 0.5) is 17.5 Å². The number of fused-ring (bicyclic) bond motifs is 1. The van der Waals surface area contributed by atoms with Crippen molar-refractivity contribution in [2.24, 2.45) is 5.92 Å². The number of halogens is 1. The van der Waals surface area contributed by atoms with Gasteiger partial charge in [-0.15, -0.1) is 0 Å². The highest BCUT2D eigenvalue weighted by molar-refractivity contribution is 6.30. The molecule has 0 radical (unpaired) electrons. The minimum atomic E-state index is 0.526. The number of nitrogens with zero attached hydrogens (tertiary/aromatic N) is 2. The maximum absolute atomic E-state index is 5.94. The Hall–Kier alpha value is -2.33. The molecule has 0 spiro atoms. The lowest BCUT2D eigenvalue weighted by Crippen LogP contribution is -2.11. The molecule has 0 unspecified atom stereocenters. The molecule has 0 saturated heterocycles. The molecule has 0 aliphatic heterocycles. The molecule has 3 aromatic rings. The van der Waals surface area contributed by atoms with Crippen LogP contribution in [0.15, 0.2) is 48.5 Å². The third-order valence-corrected chi connectivity index (χ3v) is 3.63. The first-order chi connectivity index (χ1) is 11.1. The van der Waals surface area contributed by atoms with E-state index in [-0.39, 0.29) is 0 Å². The van der Waals surface area contributed by atoms with Crippen molar-refractivity contribution in [1.82, 2.24) is 9.97 Å². The molecule has 118 valence electrons. The van der Waals surface area contributed by atoms with E-state index in [1.165, 1.54) is 0 Å². The largest absolute Gasteiger partial charge is 0.354 e. The fraction of sp³-hybridized carbons (Fsp3) is 0.222. The van der Waals surface area contributed by atoms with Crippen molar-refractivity contribution in [2.45, 2.75) is 13.8 Å². The number of nitrogens with one attached hydrogen (secondary N) is 2. The Labute approximate surface area is 140 Å². The molecule has 3 rings (SSSR count). The summed E-state index contributed by atoms with van der Waals surface area (Å²) in [5.74, 6) is 1.94. The summed E-state index contributed by atoms with van der Waals surface area (Å²) in [6.45, 7) is 5.14. The van der Waals surface area contributed by atoms with Crippen molar-refractivity contribution in [3.05, 3.63) is 53.6 Å². The summed E-state index contributed by atoms with van der Waals surface area (Å²) in [6.07, 6.45) is 0. The third kappa shape index (κ3) is 3.90. The van der Waals surface area contributed by atoms with E-state index in [1.54, 1.807) is 0 Å². The van der Waals surface area contributed by atoms with Gasteiger partial charge in [0.1, 0.15) is 5.82 Å². The molecular weight excluding hydrogens is 308 g/mol. The smallest absolute Gasteiger partial charge is 0.225 e. The van der Waals surface area contributed by atoms with Gasteiger partial charge in [-0.1, -0.05) is 37.6 Å². The molecule has 0 saturated carbocycles. The molecule has 5 heteroatoms. The Balaban J connectivity index is 1.97. The fourth-order valence-corrected chi connectivity index (χ4v) is 2.34. The number of rotatable bonds is 5. The molecule has 23 heavy (non-hydrogen) atoms. The molecule has 0 fully saturated rings. The van der Waals surface area contributed by atoms with Gasteiger partial charge in [0.25, 0.3) is 0 Å². The van der Waals surface area contributed by atoms with Gasteiger partial charge in [-0.2, -0.15) is 4.98 Å². The molecule has 2 N–H and O–H groups in total. The van der Waals surface area contributed by atoms with E-state index in [4.69, 9.17) is 11.6 Å². The standard InChI is InChI=1S/C18H19ClN4/c1-12(2)11-20-18-22-16-6-4-3-5-15(16)17(23-18)21-14-9-7-13(19)8-10-14/h3-10,12H,11H2,1-2H3,(H2,20,21,22,23). The van der Waals surface area contributed by atoms with Gasteiger partial charge in [-0.25, -0.2) is 4.98 Å². The van der Waals surface area contributed by atoms with E-state index in [2.05, 4.69) is 34.4 Å². The number of hydrogen-bond acceptors (Lipinski definition) is 4. The van der Waals surface area contributed by atoms with E-state index in [9.17, 15) is 0 Å². The Bertz CT molecular complexity index is 800. The predicted molar refractivity (Wildman–Crippen MR) is 97.6 cm³/mol. The molecule has 0 atom stereocenters. The summed E-state index contributed by atoms with van der Waals surface area (Å²) in [5.41, 5.74) is 1.85. The summed E-state index contributed by atoms with van der Waals surface area (Å²) in [6, 6.07) is 15.5. The van der Waals surface area contributed by atoms with Gasteiger partial charge in [0.15, 0.2) is 0 Å². The van der Waals surface area contributed by atoms with E-state index in [0.717, 1.165) is 29.0 Å². The average molecular weight is 327 g/mol. The van der Waals surface area contributed by atoms with Crippen molar-refractivity contribution in [2.75, 3.05) is 17.2 Å². The summed E-state index contributed by atoms with van der Waals surface area (Å²) in [7, 11) is 0. The van der Waals surface area contributed by atoms with Crippen LogP contribution >= 0.6 is 11.6 Å². The summed E-state index contributed by atoms with van der Waals surface area (Å²) < 4.78 is 0. The normalized spacial score (nSPS) is 11.0. The second-order valence-corrected chi connectivity index (χ2v) is 6.26. The Morgan fingerprint density at radius 3 is 2.48 bits per heavy atom. The number of anilines is 3. The van der Waals surface area contributed by atoms with E-state index < -0.39 is 0 Å². The fourth-order valence-electron chi connectivity index (χ4n) is 2.22. The molecule has 2 aromatic carbocycles. The highest BCUT2D eigenvalue weighted by atomic mass is 35.5. The van der Waals surface area contributed by atoms with Crippen molar-refractivity contribution in [1.29, 1.82) is 0 Å². The van der Waals surface area contributed by atoms with Crippen LogP contribution in [0.5, 0.6) is 0 Å². The first-order valence-electron chi connectivity index (χ1n) is 7.65. The van der Waals surface area contributed by atoms with E-state index >= 15 is 0 Å². The van der Waals surface area contributed by atoms with Crippen LogP contribution in [0.2, 0.25) is 5.02 Å². The minimum absolute atomic E-state index is 0.526. The van der Waals surface area contributed by atoms with Crippen LogP contribution < -0.4 is 10.6 Å². The van der Waals surface area contributed by atoms with Gasteiger partial charge < -0.3 is 10.6 Å². The predicted octanol–water partition coefficient (Wildman–Crippen LogP) is 5.09. The van der Waals surface area contributed by atoms with Gasteiger partial charge >= 0.3 is 0 Å². The van der Waals surface area contributed by atoms with Crippen molar-refractivity contribution in [3.63, 3.8) is 0 Å². The number of benzene rings is 2. The molecule has 0 bridgehead atoms. The van der Waals surface area contributed by atoms with Crippen LogP contribution in [0, 0.1) is 5.92 Å². The maximum Gasteiger partial charge on any atom is 0.225 e. The number of aromatic nitrogens is 2. The Morgan fingerprint density at radius 2 is 1.74 bits per heavy atom. The highest BCUT2D eigenvalue weighted by Gasteiger charge is 2.08. The van der Waals surface area contributed by atoms with E-state index in [0.29, 0.717) is 16.9 Å².